The molecule has 0 saturated carbocycles. The summed E-state index contributed by atoms with van der Waals surface area (Å²) in [5, 5.41) is 6.88. The van der Waals surface area contributed by atoms with Crippen molar-refractivity contribution in [2.24, 2.45) is 0 Å². The van der Waals surface area contributed by atoms with E-state index in [2.05, 4.69) is 187 Å². The minimum absolute atomic E-state index is 0.858. The topological polar surface area (TPSA) is 29.5 Å². The predicted octanol–water partition coefficient (Wildman–Crippen LogP) is 15.1. The molecule has 0 radical (unpaired) electrons. The quantitative estimate of drug-likeness (QED) is 0.173. The first kappa shape index (κ1) is 31.2. The van der Waals surface area contributed by atoms with Gasteiger partial charge < -0.3 is 13.7 Å². The smallest absolute Gasteiger partial charge is 0.137 e. The maximum absolute atomic E-state index is 6.45. The van der Waals surface area contributed by atoms with Gasteiger partial charge in [0.25, 0.3) is 0 Å². The van der Waals surface area contributed by atoms with Crippen molar-refractivity contribution in [3.63, 3.8) is 0 Å². The molecular formula is C52H33NO2. The highest BCUT2D eigenvalue weighted by Crippen LogP contribution is 2.45. The van der Waals surface area contributed by atoms with Crippen molar-refractivity contribution >= 4 is 71.7 Å². The minimum atomic E-state index is 0.858. The molecule has 3 nitrogen and oxygen atoms in total. The molecule has 0 unspecified atom stereocenters. The molecule has 0 bridgehead atoms. The highest BCUT2D eigenvalue weighted by Gasteiger charge is 2.20. The Kier molecular flexibility index (Phi) is 7.17. The van der Waals surface area contributed by atoms with Crippen molar-refractivity contribution in [2.45, 2.75) is 0 Å². The molecule has 0 atom stereocenters. The van der Waals surface area contributed by atoms with Crippen LogP contribution in [-0.2, 0) is 0 Å². The van der Waals surface area contributed by atoms with Crippen LogP contribution in [0.3, 0.4) is 0 Å². The Morgan fingerprint density at radius 2 is 0.927 bits per heavy atom. The van der Waals surface area contributed by atoms with Crippen molar-refractivity contribution in [3.8, 4) is 33.4 Å². The third-order valence-corrected chi connectivity index (χ3v) is 10.9. The van der Waals surface area contributed by atoms with E-state index in [4.69, 9.17) is 8.83 Å². The standard InChI is InChI=1S/C52H33NO2/c1-2-11-34(12-3-1)36-23-25-40(26-24-36)53(42-27-28-45-44-17-6-8-19-47(44)55-50(45)33-42)41-16-10-15-38(32-41)43-29-30-49-52(46-18-7-9-20-48(46)54-49)51(43)39-22-21-35-13-4-5-14-37(35)31-39/h1-33H. The molecule has 0 spiro atoms. The van der Waals surface area contributed by atoms with E-state index < -0.39 is 0 Å². The van der Waals surface area contributed by atoms with Gasteiger partial charge in [0.05, 0.1) is 0 Å². The van der Waals surface area contributed by atoms with Gasteiger partial charge in [-0.1, -0.05) is 133 Å². The number of para-hydroxylation sites is 2. The molecule has 11 aromatic rings. The lowest BCUT2D eigenvalue weighted by Gasteiger charge is -2.26. The number of benzene rings is 9. The fourth-order valence-corrected chi connectivity index (χ4v) is 8.25. The van der Waals surface area contributed by atoms with Crippen molar-refractivity contribution in [1.82, 2.24) is 0 Å². The summed E-state index contributed by atoms with van der Waals surface area (Å²) >= 11 is 0. The molecule has 0 aliphatic rings. The summed E-state index contributed by atoms with van der Waals surface area (Å²) < 4.78 is 12.9. The maximum atomic E-state index is 6.45. The number of rotatable bonds is 6. The van der Waals surface area contributed by atoms with Crippen LogP contribution in [0, 0.1) is 0 Å². The van der Waals surface area contributed by atoms with Gasteiger partial charge in [-0.15, -0.1) is 0 Å². The normalized spacial score (nSPS) is 11.6. The second kappa shape index (κ2) is 12.6. The molecule has 0 N–H and O–H groups in total. The highest BCUT2D eigenvalue weighted by molar-refractivity contribution is 6.16. The zero-order valence-electron chi connectivity index (χ0n) is 29.8. The van der Waals surface area contributed by atoms with Gasteiger partial charge in [0.1, 0.15) is 22.3 Å². The van der Waals surface area contributed by atoms with Gasteiger partial charge in [-0.05, 0) is 99.3 Å². The van der Waals surface area contributed by atoms with Crippen molar-refractivity contribution in [1.29, 1.82) is 0 Å². The first-order chi connectivity index (χ1) is 27.2. The molecular weight excluding hydrogens is 671 g/mol. The van der Waals surface area contributed by atoms with Gasteiger partial charge in [0.15, 0.2) is 0 Å². The van der Waals surface area contributed by atoms with Crippen LogP contribution in [0.25, 0.3) is 88.0 Å². The molecule has 11 rings (SSSR count). The van der Waals surface area contributed by atoms with E-state index in [0.717, 1.165) is 83.2 Å². The van der Waals surface area contributed by atoms with Crippen molar-refractivity contribution in [2.75, 3.05) is 4.90 Å². The molecule has 0 amide bonds. The van der Waals surface area contributed by atoms with Crippen LogP contribution < -0.4 is 4.90 Å². The number of hydrogen-bond donors (Lipinski definition) is 0. The van der Waals surface area contributed by atoms with Gasteiger partial charge in [-0.3, -0.25) is 0 Å². The Balaban J connectivity index is 1.12. The summed E-state index contributed by atoms with van der Waals surface area (Å²) in [6.07, 6.45) is 0. The number of nitrogens with zero attached hydrogens (tertiary/aromatic N) is 1. The lowest BCUT2D eigenvalue weighted by atomic mass is 9.89. The van der Waals surface area contributed by atoms with Crippen LogP contribution in [0.15, 0.2) is 209 Å². The summed E-state index contributed by atoms with van der Waals surface area (Å²) in [6, 6.07) is 71.0. The fourth-order valence-electron chi connectivity index (χ4n) is 8.25. The molecule has 2 heterocycles. The van der Waals surface area contributed by atoms with Crippen LogP contribution in [0.1, 0.15) is 0 Å². The third kappa shape index (κ3) is 5.28. The zero-order chi connectivity index (χ0) is 36.3. The molecule has 0 aliphatic carbocycles. The van der Waals surface area contributed by atoms with E-state index >= 15 is 0 Å². The molecule has 55 heavy (non-hydrogen) atoms. The van der Waals surface area contributed by atoms with Gasteiger partial charge >= 0.3 is 0 Å². The first-order valence-corrected chi connectivity index (χ1v) is 18.7. The van der Waals surface area contributed by atoms with E-state index in [1.54, 1.807) is 0 Å². The average molecular weight is 704 g/mol. The van der Waals surface area contributed by atoms with E-state index in [9.17, 15) is 0 Å². The number of furan rings is 2. The molecule has 258 valence electrons. The maximum Gasteiger partial charge on any atom is 0.137 e. The summed E-state index contributed by atoms with van der Waals surface area (Å²) in [6.45, 7) is 0. The van der Waals surface area contributed by atoms with Crippen molar-refractivity contribution in [3.05, 3.63) is 200 Å². The highest BCUT2D eigenvalue weighted by atomic mass is 16.3. The summed E-state index contributed by atoms with van der Waals surface area (Å²) in [5.41, 5.74) is 13.6. The molecule has 0 aliphatic heterocycles. The summed E-state index contributed by atoms with van der Waals surface area (Å²) in [5.74, 6) is 0. The van der Waals surface area contributed by atoms with E-state index in [1.165, 1.54) is 21.9 Å². The summed E-state index contributed by atoms with van der Waals surface area (Å²) in [4.78, 5) is 2.33. The van der Waals surface area contributed by atoms with Crippen LogP contribution in [0.5, 0.6) is 0 Å². The molecule has 2 aromatic heterocycles. The van der Waals surface area contributed by atoms with Crippen LogP contribution in [0.2, 0.25) is 0 Å². The van der Waals surface area contributed by atoms with Crippen molar-refractivity contribution < 1.29 is 8.83 Å². The molecule has 0 saturated heterocycles. The fraction of sp³-hybridized carbons (Fsp3) is 0. The van der Waals surface area contributed by atoms with Gasteiger partial charge in [0.2, 0.25) is 0 Å². The lowest BCUT2D eigenvalue weighted by Crippen LogP contribution is -2.10. The summed E-state index contributed by atoms with van der Waals surface area (Å²) in [7, 11) is 0. The molecule has 0 fully saturated rings. The van der Waals surface area contributed by atoms with Crippen LogP contribution in [0.4, 0.5) is 17.1 Å². The Hall–Kier alpha value is -7.36. The predicted molar refractivity (Wildman–Crippen MR) is 229 cm³/mol. The van der Waals surface area contributed by atoms with Gasteiger partial charge in [-0.2, -0.15) is 0 Å². The Bertz CT molecular complexity index is 3210. The van der Waals surface area contributed by atoms with E-state index in [0.29, 0.717) is 0 Å². The Morgan fingerprint density at radius 3 is 1.78 bits per heavy atom. The number of anilines is 3. The minimum Gasteiger partial charge on any atom is -0.456 e. The second-order valence-corrected chi connectivity index (χ2v) is 14.1. The average Bonchev–Trinajstić information content (AvgIpc) is 3.82. The SMILES string of the molecule is c1ccc(-c2ccc(N(c3cccc(-c4ccc5oc6ccccc6c5c4-c4ccc5ccccc5c4)c3)c3ccc4c(c3)oc3ccccc34)cc2)cc1. The first-order valence-electron chi connectivity index (χ1n) is 18.7. The zero-order valence-corrected chi connectivity index (χ0v) is 29.8. The van der Waals surface area contributed by atoms with Gasteiger partial charge in [0, 0.05) is 50.2 Å². The number of fused-ring (bicyclic) bond motifs is 7. The second-order valence-electron chi connectivity index (χ2n) is 14.1. The lowest BCUT2D eigenvalue weighted by molar-refractivity contribution is 0.668. The number of hydrogen-bond acceptors (Lipinski definition) is 3. The molecule has 3 heteroatoms. The van der Waals surface area contributed by atoms with E-state index in [-0.39, 0.29) is 0 Å². The van der Waals surface area contributed by atoms with E-state index in [1.807, 2.05) is 18.2 Å². The third-order valence-electron chi connectivity index (χ3n) is 10.9. The van der Waals surface area contributed by atoms with Gasteiger partial charge in [-0.25, -0.2) is 0 Å². The largest absolute Gasteiger partial charge is 0.456 e. The molecule has 9 aromatic carbocycles. The van der Waals surface area contributed by atoms with Crippen LogP contribution >= 0.6 is 0 Å². The monoisotopic (exact) mass is 703 g/mol. The Morgan fingerprint density at radius 1 is 0.309 bits per heavy atom. The van der Waals surface area contributed by atoms with Crippen LogP contribution in [-0.4, -0.2) is 0 Å². The Labute approximate surface area is 317 Å².